The Labute approximate surface area is 162 Å². The van der Waals surface area contributed by atoms with Gasteiger partial charge < -0.3 is 4.79 Å². The van der Waals surface area contributed by atoms with Gasteiger partial charge in [-0.25, -0.2) is 8.78 Å². The van der Waals surface area contributed by atoms with Gasteiger partial charge in [-0.2, -0.15) is 0 Å². The molecule has 0 unspecified atom stereocenters. The highest BCUT2D eigenvalue weighted by Crippen LogP contribution is 2.41. The summed E-state index contributed by atoms with van der Waals surface area (Å²) in [5.41, 5.74) is 1.11. The number of carbonyl (C=O) groups is 1. The average molecular weight is 377 g/mol. The second-order valence-corrected chi connectivity index (χ2v) is 8.83. The maximum absolute atomic E-state index is 14.9. The number of carbonyl (C=O) groups excluding carboxylic acids is 1. The van der Waals surface area contributed by atoms with E-state index in [2.05, 4.69) is 6.92 Å². The van der Waals surface area contributed by atoms with Crippen molar-refractivity contribution < 1.29 is 13.6 Å². The molecule has 2 fully saturated rings. The van der Waals surface area contributed by atoms with Crippen molar-refractivity contribution in [3.8, 4) is 0 Å². The third-order valence-electron chi connectivity index (χ3n) is 7.05. The fraction of sp³-hybridized carbons (Fsp3) is 0.708. The minimum absolute atomic E-state index is 0.0547. The molecule has 2 aliphatic rings. The van der Waals surface area contributed by atoms with Crippen molar-refractivity contribution >= 4 is 6.29 Å². The predicted octanol–water partition coefficient (Wildman–Crippen LogP) is 7.29. The largest absolute Gasteiger partial charge is 0.303 e. The minimum Gasteiger partial charge on any atom is -0.303 e. The van der Waals surface area contributed by atoms with E-state index in [4.69, 9.17) is 0 Å². The first-order valence-electron chi connectivity index (χ1n) is 11.1. The van der Waals surface area contributed by atoms with E-state index in [-0.39, 0.29) is 17.8 Å². The van der Waals surface area contributed by atoms with Crippen LogP contribution in [0.15, 0.2) is 12.1 Å². The number of halogens is 2. The van der Waals surface area contributed by atoms with Crippen LogP contribution in [0.3, 0.4) is 0 Å². The number of rotatable bonds is 7. The van der Waals surface area contributed by atoms with Crippen LogP contribution < -0.4 is 0 Å². The lowest BCUT2D eigenvalue weighted by atomic mass is 9.75. The highest BCUT2D eigenvalue weighted by atomic mass is 19.2. The van der Waals surface area contributed by atoms with Gasteiger partial charge in [-0.05, 0) is 80.2 Å². The fourth-order valence-corrected chi connectivity index (χ4v) is 5.22. The van der Waals surface area contributed by atoms with Crippen LogP contribution in [0.4, 0.5) is 8.78 Å². The Bertz CT molecular complexity index is 611. The molecular weight excluding hydrogens is 342 g/mol. The van der Waals surface area contributed by atoms with Crippen molar-refractivity contribution in [3.05, 3.63) is 34.9 Å². The van der Waals surface area contributed by atoms with Crippen LogP contribution in [0.2, 0.25) is 0 Å². The lowest BCUT2D eigenvalue weighted by molar-refractivity contribution is -0.111. The zero-order valence-electron chi connectivity index (χ0n) is 16.7. The van der Waals surface area contributed by atoms with Gasteiger partial charge in [-0.3, -0.25) is 0 Å². The quantitative estimate of drug-likeness (QED) is 0.361. The van der Waals surface area contributed by atoms with E-state index in [9.17, 15) is 13.6 Å². The maximum atomic E-state index is 14.9. The molecule has 0 aliphatic heterocycles. The van der Waals surface area contributed by atoms with Crippen LogP contribution in [-0.2, 0) is 4.79 Å². The van der Waals surface area contributed by atoms with Crippen LogP contribution in [0.1, 0.15) is 107 Å². The molecule has 3 rings (SSSR count). The summed E-state index contributed by atoms with van der Waals surface area (Å²) in [6.07, 6.45) is 13.6. The molecule has 0 atom stereocenters. The molecule has 0 N–H and O–H groups in total. The van der Waals surface area contributed by atoms with E-state index >= 15 is 0 Å². The van der Waals surface area contributed by atoms with Crippen LogP contribution in [0.5, 0.6) is 0 Å². The fourth-order valence-electron chi connectivity index (χ4n) is 5.22. The van der Waals surface area contributed by atoms with E-state index in [1.54, 1.807) is 0 Å². The molecule has 2 aliphatic carbocycles. The van der Waals surface area contributed by atoms with Crippen molar-refractivity contribution in [2.45, 2.75) is 95.8 Å². The molecule has 0 aromatic heterocycles. The molecular formula is C24H34F2O. The SMILES string of the molecule is CCCCCC1CCC(c2ccc(C3CCC(C=O)CC3)c(F)c2F)CC1. The Morgan fingerprint density at radius 2 is 1.37 bits per heavy atom. The monoisotopic (exact) mass is 376 g/mol. The summed E-state index contributed by atoms with van der Waals surface area (Å²) in [6, 6.07) is 3.68. The molecule has 0 saturated heterocycles. The lowest BCUT2D eigenvalue weighted by Crippen LogP contribution is -2.17. The molecule has 1 aromatic carbocycles. The highest BCUT2D eigenvalue weighted by Gasteiger charge is 2.29. The Morgan fingerprint density at radius 1 is 0.852 bits per heavy atom. The van der Waals surface area contributed by atoms with E-state index in [0.717, 1.165) is 63.6 Å². The third-order valence-corrected chi connectivity index (χ3v) is 7.05. The second kappa shape index (κ2) is 9.80. The summed E-state index contributed by atoms with van der Waals surface area (Å²) in [5, 5.41) is 0. The first-order chi connectivity index (χ1) is 13.1. The smallest absolute Gasteiger partial charge is 0.162 e. The van der Waals surface area contributed by atoms with Crippen LogP contribution in [-0.4, -0.2) is 6.29 Å². The molecule has 0 amide bonds. The van der Waals surface area contributed by atoms with Gasteiger partial charge in [0.25, 0.3) is 0 Å². The first kappa shape index (κ1) is 20.5. The molecule has 2 saturated carbocycles. The lowest BCUT2D eigenvalue weighted by Gasteiger charge is -2.30. The Kier molecular flexibility index (Phi) is 7.43. The topological polar surface area (TPSA) is 17.1 Å². The minimum atomic E-state index is -0.632. The number of hydrogen-bond donors (Lipinski definition) is 0. The van der Waals surface area contributed by atoms with Crippen LogP contribution >= 0.6 is 0 Å². The predicted molar refractivity (Wildman–Crippen MR) is 106 cm³/mol. The molecule has 0 spiro atoms. The highest BCUT2D eigenvalue weighted by molar-refractivity contribution is 5.53. The summed E-state index contributed by atoms with van der Waals surface area (Å²) in [4.78, 5) is 10.9. The molecule has 0 radical (unpaired) electrons. The summed E-state index contributed by atoms with van der Waals surface area (Å²) in [6.45, 7) is 2.23. The molecule has 0 heterocycles. The number of hydrogen-bond acceptors (Lipinski definition) is 1. The van der Waals surface area contributed by atoms with E-state index < -0.39 is 11.6 Å². The van der Waals surface area contributed by atoms with Gasteiger partial charge >= 0.3 is 0 Å². The Hall–Kier alpha value is -1.25. The number of unbranched alkanes of at least 4 members (excludes halogenated alkanes) is 2. The van der Waals surface area contributed by atoms with E-state index in [1.165, 1.54) is 25.7 Å². The molecule has 1 aromatic rings. The maximum Gasteiger partial charge on any atom is 0.162 e. The van der Waals surface area contributed by atoms with Gasteiger partial charge in [0.15, 0.2) is 11.6 Å². The third kappa shape index (κ3) is 4.97. The van der Waals surface area contributed by atoms with Crippen LogP contribution in [0, 0.1) is 23.5 Å². The molecule has 27 heavy (non-hydrogen) atoms. The van der Waals surface area contributed by atoms with Crippen molar-refractivity contribution in [1.29, 1.82) is 0 Å². The second-order valence-electron chi connectivity index (χ2n) is 8.83. The van der Waals surface area contributed by atoms with Gasteiger partial charge in [0.1, 0.15) is 6.29 Å². The summed E-state index contributed by atoms with van der Waals surface area (Å²) in [7, 11) is 0. The normalized spacial score (nSPS) is 28.9. The summed E-state index contributed by atoms with van der Waals surface area (Å²) >= 11 is 0. The number of aldehydes is 1. The van der Waals surface area contributed by atoms with Crippen molar-refractivity contribution in [3.63, 3.8) is 0 Å². The van der Waals surface area contributed by atoms with Gasteiger partial charge in [0.05, 0.1) is 0 Å². The number of benzene rings is 1. The van der Waals surface area contributed by atoms with Gasteiger partial charge in [0, 0.05) is 5.92 Å². The van der Waals surface area contributed by atoms with Gasteiger partial charge in [-0.1, -0.05) is 44.7 Å². The average Bonchev–Trinajstić information content (AvgIpc) is 2.71. The van der Waals surface area contributed by atoms with Crippen molar-refractivity contribution in [1.82, 2.24) is 0 Å². The first-order valence-corrected chi connectivity index (χ1v) is 11.1. The Morgan fingerprint density at radius 3 is 1.85 bits per heavy atom. The molecule has 1 nitrogen and oxygen atoms in total. The summed E-state index contributed by atoms with van der Waals surface area (Å²) < 4.78 is 29.7. The van der Waals surface area contributed by atoms with E-state index in [1.807, 2.05) is 12.1 Å². The standard InChI is InChI=1S/C24H34F2O/c1-2-3-4-5-17-6-10-19(11-7-17)21-14-15-22(24(26)23(21)25)20-12-8-18(16-27)9-13-20/h14-20H,2-13H2,1H3. The molecule has 0 bridgehead atoms. The zero-order chi connectivity index (χ0) is 19.2. The van der Waals surface area contributed by atoms with Crippen molar-refractivity contribution in [2.24, 2.45) is 11.8 Å². The van der Waals surface area contributed by atoms with E-state index in [0.29, 0.717) is 11.1 Å². The summed E-state index contributed by atoms with van der Waals surface area (Å²) in [5.74, 6) is -0.152. The molecule has 150 valence electrons. The van der Waals surface area contributed by atoms with Gasteiger partial charge in [0.2, 0.25) is 0 Å². The van der Waals surface area contributed by atoms with Gasteiger partial charge in [-0.15, -0.1) is 0 Å². The zero-order valence-corrected chi connectivity index (χ0v) is 16.7. The van der Waals surface area contributed by atoms with Crippen LogP contribution in [0.25, 0.3) is 0 Å². The Balaban J connectivity index is 1.61. The van der Waals surface area contributed by atoms with Crippen molar-refractivity contribution in [2.75, 3.05) is 0 Å². The molecule has 3 heteroatoms.